The van der Waals surface area contributed by atoms with Crippen LogP contribution in [0, 0.1) is 23.6 Å². The summed E-state index contributed by atoms with van der Waals surface area (Å²) in [5, 5.41) is 3.21. The fourth-order valence-electron chi connectivity index (χ4n) is 5.38. The highest BCUT2D eigenvalue weighted by molar-refractivity contribution is 5.78. The van der Waals surface area contributed by atoms with Gasteiger partial charge in [-0.15, -0.1) is 0 Å². The minimum Gasteiger partial charge on any atom is -0.379 e. The van der Waals surface area contributed by atoms with Gasteiger partial charge in [-0.1, -0.05) is 18.6 Å². The van der Waals surface area contributed by atoms with Crippen LogP contribution in [0.3, 0.4) is 0 Å². The summed E-state index contributed by atoms with van der Waals surface area (Å²) in [6.45, 7) is 3.56. The molecule has 1 saturated heterocycles. The van der Waals surface area contributed by atoms with Crippen molar-refractivity contribution in [3.05, 3.63) is 35.6 Å². The molecule has 1 aliphatic heterocycles. The van der Waals surface area contributed by atoms with E-state index in [1.807, 2.05) is 12.1 Å². The zero-order valence-electron chi connectivity index (χ0n) is 16.5. The molecule has 0 radical (unpaired) electrons. The number of rotatable bonds is 5. The number of ether oxygens (including phenoxy) is 1. The molecule has 5 nitrogen and oxygen atoms in total. The number of benzene rings is 1. The van der Waals surface area contributed by atoms with Crippen molar-refractivity contribution in [2.24, 2.45) is 23.5 Å². The van der Waals surface area contributed by atoms with Crippen LogP contribution in [-0.4, -0.2) is 49.7 Å². The zero-order chi connectivity index (χ0) is 19.5. The topological polar surface area (TPSA) is 67.6 Å². The number of halogens is 1. The quantitative estimate of drug-likeness (QED) is 0.812. The molecule has 1 heterocycles. The van der Waals surface area contributed by atoms with E-state index < -0.39 is 0 Å². The summed E-state index contributed by atoms with van der Waals surface area (Å²) in [4.78, 5) is 15.3. The van der Waals surface area contributed by atoms with Crippen LogP contribution in [0.4, 0.5) is 4.39 Å². The number of carbonyl (C=O) groups is 1. The average Bonchev–Trinajstić information content (AvgIpc) is 2.70. The van der Waals surface area contributed by atoms with Gasteiger partial charge in [0, 0.05) is 31.6 Å². The van der Waals surface area contributed by atoms with Crippen LogP contribution in [0.15, 0.2) is 24.3 Å². The van der Waals surface area contributed by atoms with Crippen molar-refractivity contribution < 1.29 is 13.9 Å². The Bertz CT molecular complexity index is 648. The van der Waals surface area contributed by atoms with Crippen LogP contribution in [0.1, 0.15) is 43.7 Å². The maximum absolute atomic E-state index is 13.4. The van der Waals surface area contributed by atoms with Crippen LogP contribution < -0.4 is 11.1 Å². The fraction of sp³-hybridized carbons (Fsp3) is 0.682. The van der Waals surface area contributed by atoms with Gasteiger partial charge in [-0.05, 0) is 55.2 Å². The van der Waals surface area contributed by atoms with E-state index in [4.69, 9.17) is 10.5 Å². The Kier molecular flexibility index (Phi) is 6.28. The third kappa shape index (κ3) is 4.39. The molecule has 4 rings (SSSR count). The summed E-state index contributed by atoms with van der Waals surface area (Å²) >= 11 is 0. The van der Waals surface area contributed by atoms with E-state index in [0.717, 1.165) is 44.3 Å². The molecule has 154 valence electrons. The summed E-state index contributed by atoms with van der Waals surface area (Å²) in [6, 6.07) is 6.96. The van der Waals surface area contributed by atoms with Crippen LogP contribution in [-0.2, 0) is 9.53 Å². The number of nitrogens with zero attached hydrogens (tertiary/aromatic N) is 1. The van der Waals surface area contributed by atoms with Crippen molar-refractivity contribution >= 4 is 5.91 Å². The van der Waals surface area contributed by atoms with Gasteiger partial charge in [-0.25, -0.2) is 4.39 Å². The Balaban J connectivity index is 1.40. The third-order valence-electron chi connectivity index (χ3n) is 6.99. The fourth-order valence-corrected chi connectivity index (χ4v) is 5.38. The van der Waals surface area contributed by atoms with Gasteiger partial charge in [-0.3, -0.25) is 9.69 Å². The number of hydrogen-bond donors (Lipinski definition) is 2. The molecule has 3 unspecified atom stereocenters. The van der Waals surface area contributed by atoms with Crippen LogP contribution in [0.2, 0.25) is 0 Å². The molecule has 3 N–H and O–H groups in total. The maximum Gasteiger partial charge on any atom is 0.223 e. The van der Waals surface area contributed by atoms with E-state index in [-0.39, 0.29) is 29.7 Å². The van der Waals surface area contributed by atoms with Crippen LogP contribution >= 0.6 is 0 Å². The van der Waals surface area contributed by atoms with Crippen LogP contribution in [0.5, 0.6) is 0 Å². The molecule has 3 atom stereocenters. The second-order valence-electron chi connectivity index (χ2n) is 8.66. The third-order valence-corrected chi connectivity index (χ3v) is 6.99. The highest BCUT2D eigenvalue weighted by atomic mass is 19.1. The molecule has 0 spiro atoms. The summed E-state index contributed by atoms with van der Waals surface area (Å²) in [7, 11) is 0. The number of nitrogens with two attached hydrogens (primary N) is 1. The van der Waals surface area contributed by atoms with Gasteiger partial charge in [-0.2, -0.15) is 0 Å². The largest absolute Gasteiger partial charge is 0.379 e. The highest BCUT2D eigenvalue weighted by Gasteiger charge is 2.40. The van der Waals surface area contributed by atoms with Gasteiger partial charge >= 0.3 is 0 Å². The van der Waals surface area contributed by atoms with Gasteiger partial charge in [0.2, 0.25) is 5.91 Å². The molecule has 6 heteroatoms. The lowest BCUT2D eigenvalue weighted by Crippen LogP contribution is -2.50. The lowest BCUT2D eigenvalue weighted by molar-refractivity contribution is -0.128. The molecule has 1 aromatic rings. The molecule has 2 saturated carbocycles. The Morgan fingerprint density at radius 2 is 1.82 bits per heavy atom. The molecular weight excluding hydrogens is 357 g/mol. The van der Waals surface area contributed by atoms with Crippen molar-refractivity contribution in [2.45, 2.75) is 44.2 Å². The molecular formula is C22H32FN3O2. The highest BCUT2D eigenvalue weighted by Crippen LogP contribution is 2.41. The molecule has 0 aromatic heterocycles. The van der Waals surface area contributed by atoms with Gasteiger partial charge in [0.05, 0.1) is 19.3 Å². The van der Waals surface area contributed by atoms with E-state index in [1.54, 1.807) is 0 Å². The van der Waals surface area contributed by atoms with Crippen molar-refractivity contribution in [1.29, 1.82) is 0 Å². The van der Waals surface area contributed by atoms with Crippen molar-refractivity contribution in [3.63, 3.8) is 0 Å². The van der Waals surface area contributed by atoms with Crippen molar-refractivity contribution in [2.75, 3.05) is 32.8 Å². The molecule has 28 heavy (non-hydrogen) atoms. The molecule has 3 aliphatic rings. The Hall–Kier alpha value is -1.50. The number of hydrogen-bond acceptors (Lipinski definition) is 4. The number of carbonyl (C=O) groups excluding carboxylic acids is 1. The lowest BCUT2D eigenvalue weighted by atomic mass is 9.65. The Morgan fingerprint density at radius 3 is 2.46 bits per heavy atom. The Labute approximate surface area is 166 Å². The van der Waals surface area contributed by atoms with E-state index in [2.05, 4.69) is 10.2 Å². The molecule has 2 aliphatic carbocycles. The standard InChI is InChI=1S/C22H32FN3O2/c23-19-6-4-15(5-7-19)20(26-8-10-28-11-9-26)14-25-22(27)18-12-16-2-1-3-17(13-18)21(16)24/h4-7,16-18,20-21H,1-3,8-14,24H2,(H,25,27). The molecule has 3 fully saturated rings. The van der Waals surface area contributed by atoms with Gasteiger partial charge < -0.3 is 15.8 Å². The summed E-state index contributed by atoms with van der Waals surface area (Å²) < 4.78 is 18.9. The number of morpholine rings is 1. The van der Waals surface area contributed by atoms with Gasteiger partial charge in [0.1, 0.15) is 5.82 Å². The summed E-state index contributed by atoms with van der Waals surface area (Å²) in [5.74, 6) is 0.988. The average molecular weight is 390 g/mol. The smallest absolute Gasteiger partial charge is 0.223 e. The first-order valence-electron chi connectivity index (χ1n) is 10.7. The number of nitrogens with one attached hydrogen (secondary N) is 1. The molecule has 1 aromatic carbocycles. The van der Waals surface area contributed by atoms with E-state index in [1.165, 1.54) is 18.6 Å². The van der Waals surface area contributed by atoms with Crippen LogP contribution in [0.25, 0.3) is 0 Å². The maximum atomic E-state index is 13.4. The zero-order valence-corrected chi connectivity index (χ0v) is 16.5. The monoisotopic (exact) mass is 389 g/mol. The lowest BCUT2D eigenvalue weighted by Gasteiger charge is -2.43. The first-order valence-corrected chi connectivity index (χ1v) is 10.7. The first-order chi connectivity index (χ1) is 13.6. The van der Waals surface area contributed by atoms with Gasteiger partial charge in [0.25, 0.3) is 0 Å². The van der Waals surface area contributed by atoms with Gasteiger partial charge in [0.15, 0.2) is 0 Å². The minimum atomic E-state index is -0.237. The van der Waals surface area contributed by atoms with E-state index in [0.29, 0.717) is 31.6 Å². The van der Waals surface area contributed by atoms with Crippen molar-refractivity contribution in [3.8, 4) is 0 Å². The molecule has 1 amide bonds. The SMILES string of the molecule is NC1C2CCCC1CC(C(=O)NCC(c1ccc(F)cc1)N1CCOCC1)C2. The van der Waals surface area contributed by atoms with E-state index in [9.17, 15) is 9.18 Å². The second kappa shape index (κ2) is 8.89. The van der Waals surface area contributed by atoms with E-state index >= 15 is 0 Å². The Morgan fingerprint density at radius 1 is 1.18 bits per heavy atom. The number of amides is 1. The summed E-state index contributed by atoms with van der Waals surface area (Å²) in [6.07, 6.45) is 5.41. The summed E-state index contributed by atoms with van der Waals surface area (Å²) in [5.41, 5.74) is 7.41. The molecule has 2 bridgehead atoms. The predicted molar refractivity (Wildman–Crippen MR) is 106 cm³/mol. The predicted octanol–water partition coefficient (Wildman–Crippen LogP) is 2.47. The normalized spacial score (nSPS) is 31.9. The minimum absolute atomic E-state index is 0.0406. The van der Waals surface area contributed by atoms with Crippen molar-refractivity contribution in [1.82, 2.24) is 10.2 Å². The second-order valence-corrected chi connectivity index (χ2v) is 8.66. The number of fused-ring (bicyclic) bond motifs is 2. The first kappa shape index (κ1) is 19.8.